The first-order valence-corrected chi connectivity index (χ1v) is 3.44. The second kappa shape index (κ2) is 1.96. The predicted molar refractivity (Wildman–Crippen MR) is 35.2 cm³/mol. The second-order valence-corrected chi connectivity index (χ2v) is 3.12. The van der Waals surface area contributed by atoms with Crippen LogP contribution in [0.1, 0.15) is 27.2 Å². The first kappa shape index (κ1) is 7.03. The van der Waals surface area contributed by atoms with E-state index >= 15 is 0 Å². The normalized spacial score (nSPS) is 34.0. The average molecular weight is 130 g/mol. The molecule has 1 N–H and O–H groups in total. The van der Waals surface area contributed by atoms with Crippen molar-refractivity contribution in [1.29, 1.82) is 0 Å². The van der Waals surface area contributed by atoms with Crippen LogP contribution in [0, 0.1) is 0 Å². The molecule has 2 nitrogen and oxygen atoms in total. The molecule has 1 fully saturated rings. The van der Waals surface area contributed by atoms with Gasteiger partial charge in [-0.05, 0) is 20.3 Å². The molecule has 0 aliphatic carbocycles. The number of hydrogen-bond acceptors (Lipinski definition) is 2. The van der Waals surface area contributed by atoms with Crippen molar-refractivity contribution >= 4 is 0 Å². The zero-order valence-corrected chi connectivity index (χ0v) is 6.22. The minimum atomic E-state index is -0.264. The lowest BCUT2D eigenvalue weighted by atomic mass is 10.0. The molecular formula is C7H14O2. The van der Waals surface area contributed by atoms with Crippen LogP contribution >= 0.6 is 0 Å². The lowest BCUT2D eigenvalue weighted by Crippen LogP contribution is -2.18. The Bertz CT molecular complexity index is 109. The number of rotatable bonds is 2. The summed E-state index contributed by atoms with van der Waals surface area (Å²) in [6.45, 7) is 5.95. The molecule has 0 aromatic carbocycles. The molecule has 0 unspecified atom stereocenters. The van der Waals surface area contributed by atoms with Crippen molar-refractivity contribution in [2.24, 2.45) is 0 Å². The van der Waals surface area contributed by atoms with E-state index in [-0.39, 0.29) is 17.8 Å². The van der Waals surface area contributed by atoms with Gasteiger partial charge in [0.2, 0.25) is 0 Å². The van der Waals surface area contributed by atoms with Crippen LogP contribution in [0.5, 0.6) is 0 Å². The van der Waals surface area contributed by atoms with Crippen molar-refractivity contribution < 1.29 is 9.84 Å². The van der Waals surface area contributed by atoms with E-state index < -0.39 is 0 Å². The number of epoxide rings is 1. The molecule has 0 radical (unpaired) electrons. The molecule has 1 rings (SSSR count). The van der Waals surface area contributed by atoms with Crippen LogP contribution in [0.2, 0.25) is 0 Å². The fourth-order valence-corrected chi connectivity index (χ4v) is 1.05. The van der Waals surface area contributed by atoms with Gasteiger partial charge in [-0.2, -0.15) is 0 Å². The molecule has 1 saturated heterocycles. The van der Waals surface area contributed by atoms with E-state index in [4.69, 9.17) is 4.74 Å². The molecule has 1 heterocycles. The summed E-state index contributed by atoms with van der Waals surface area (Å²) in [7, 11) is 0. The van der Waals surface area contributed by atoms with Gasteiger partial charge in [0.15, 0.2) is 0 Å². The first-order valence-electron chi connectivity index (χ1n) is 3.44. The Morgan fingerprint density at radius 3 is 2.22 bits per heavy atom. The Balaban J connectivity index is 2.33. The lowest BCUT2D eigenvalue weighted by Gasteiger charge is -2.02. The summed E-state index contributed by atoms with van der Waals surface area (Å²) in [5, 5.41) is 9.21. The van der Waals surface area contributed by atoms with Crippen LogP contribution < -0.4 is 0 Å². The Morgan fingerprint density at radius 2 is 2.11 bits per heavy atom. The molecule has 0 aromatic rings. The van der Waals surface area contributed by atoms with Crippen molar-refractivity contribution in [3.05, 3.63) is 0 Å². The highest BCUT2D eigenvalue weighted by Crippen LogP contribution is 2.38. The van der Waals surface area contributed by atoms with E-state index in [1.54, 1.807) is 0 Å². The quantitative estimate of drug-likeness (QED) is 0.564. The first-order chi connectivity index (χ1) is 4.08. The molecule has 1 aliphatic rings. The van der Waals surface area contributed by atoms with E-state index in [0.29, 0.717) is 0 Å². The number of hydrogen-bond donors (Lipinski definition) is 1. The molecular weight excluding hydrogens is 116 g/mol. The fourth-order valence-electron chi connectivity index (χ4n) is 1.05. The number of aliphatic hydroxyl groups is 1. The maximum absolute atomic E-state index is 9.21. The summed E-state index contributed by atoms with van der Waals surface area (Å²) < 4.78 is 5.21. The van der Waals surface area contributed by atoms with E-state index in [2.05, 4.69) is 0 Å². The Kier molecular flexibility index (Phi) is 1.53. The summed E-state index contributed by atoms with van der Waals surface area (Å²) in [6, 6.07) is 0. The SMILES string of the molecule is CC[C@H](O)[C@@H]1OC1(C)C. The van der Waals surface area contributed by atoms with Crippen molar-refractivity contribution in [3.8, 4) is 0 Å². The van der Waals surface area contributed by atoms with Gasteiger partial charge in [0, 0.05) is 0 Å². The van der Waals surface area contributed by atoms with E-state index in [0.717, 1.165) is 6.42 Å². The Labute approximate surface area is 55.8 Å². The van der Waals surface area contributed by atoms with Crippen LogP contribution in [0.3, 0.4) is 0 Å². The molecule has 0 amide bonds. The highest BCUT2D eigenvalue weighted by Gasteiger charge is 2.51. The standard InChI is InChI=1S/C7H14O2/c1-4-5(8)6-7(2,3)9-6/h5-6,8H,4H2,1-3H3/t5-,6-/m0/s1. The molecule has 0 bridgehead atoms. The third-order valence-corrected chi connectivity index (χ3v) is 1.83. The second-order valence-electron chi connectivity index (χ2n) is 3.12. The van der Waals surface area contributed by atoms with Gasteiger partial charge in [0.1, 0.15) is 6.10 Å². The molecule has 0 aromatic heterocycles. The molecule has 9 heavy (non-hydrogen) atoms. The van der Waals surface area contributed by atoms with E-state index in [1.807, 2.05) is 20.8 Å². The van der Waals surface area contributed by atoms with Gasteiger partial charge >= 0.3 is 0 Å². The largest absolute Gasteiger partial charge is 0.390 e. The summed E-state index contributed by atoms with van der Waals surface area (Å²) >= 11 is 0. The molecule has 0 spiro atoms. The summed E-state index contributed by atoms with van der Waals surface area (Å²) in [5.74, 6) is 0. The fraction of sp³-hybridized carbons (Fsp3) is 1.00. The minimum absolute atomic E-state index is 0.0601. The van der Waals surface area contributed by atoms with E-state index in [1.165, 1.54) is 0 Å². The molecule has 2 atom stereocenters. The third-order valence-electron chi connectivity index (χ3n) is 1.83. The Morgan fingerprint density at radius 1 is 1.67 bits per heavy atom. The zero-order valence-electron chi connectivity index (χ0n) is 6.22. The highest BCUT2D eigenvalue weighted by atomic mass is 16.6. The van der Waals surface area contributed by atoms with Gasteiger partial charge < -0.3 is 9.84 Å². The molecule has 54 valence electrons. The van der Waals surface area contributed by atoms with Crippen molar-refractivity contribution in [2.75, 3.05) is 0 Å². The molecule has 1 aliphatic heterocycles. The van der Waals surface area contributed by atoms with Crippen LogP contribution in [0.4, 0.5) is 0 Å². The topological polar surface area (TPSA) is 32.8 Å². The van der Waals surface area contributed by atoms with Gasteiger partial charge in [-0.1, -0.05) is 6.92 Å². The summed E-state index contributed by atoms with van der Waals surface area (Å²) in [4.78, 5) is 0. The highest BCUT2D eigenvalue weighted by molar-refractivity contribution is 4.98. The van der Waals surface area contributed by atoms with Gasteiger partial charge in [-0.15, -0.1) is 0 Å². The van der Waals surface area contributed by atoms with Crippen LogP contribution in [-0.2, 0) is 4.74 Å². The number of ether oxygens (including phenoxy) is 1. The molecule has 2 heteroatoms. The van der Waals surface area contributed by atoms with E-state index in [9.17, 15) is 5.11 Å². The zero-order chi connectivity index (χ0) is 7.07. The predicted octanol–water partition coefficient (Wildman–Crippen LogP) is 0.935. The summed E-state index contributed by atoms with van der Waals surface area (Å²) in [5.41, 5.74) is -0.0601. The van der Waals surface area contributed by atoms with Gasteiger partial charge in [-0.25, -0.2) is 0 Å². The van der Waals surface area contributed by atoms with Crippen molar-refractivity contribution in [2.45, 2.75) is 45.0 Å². The maximum atomic E-state index is 9.21. The number of aliphatic hydroxyl groups excluding tert-OH is 1. The van der Waals surface area contributed by atoms with Crippen molar-refractivity contribution in [1.82, 2.24) is 0 Å². The maximum Gasteiger partial charge on any atom is 0.113 e. The van der Waals surface area contributed by atoms with Crippen LogP contribution in [-0.4, -0.2) is 22.9 Å². The van der Waals surface area contributed by atoms with Gasteiger partial charge in [0.05, 0.1) is 11.7 Å². The minimum Gasteiger partial charge on any atom is -0.390 e. The monoisotopic (exact) mass is 130 g/mol. The van der Waals surface area contributed by atoms with Gasteiger partial charge in [0.25, 0.3) is 0 Å². The molecule has 0 saturated carbocycles. The van der Waals surface area contributed by atoms with Crippen LogP contribution in [0.15, 0.2) is 0 Å². The summed E-state index contributed by atoms with van der Waals surface area (Å²) in [6.07, 6.45) is 0.608. The average Bonchev–Trinajstić information content (AvgIpc) is 2.38. The van der Waals surface area contributed by atoms with Gasteiger partial charge in [-0.3, -0.25) is 0 Å². The Hall–Kier alpha value is -0.0800. The van der Waals surface area contributed by atoms with Crippen molar-refractivity contribution in [3.63, 3.8) is 0 Å². The van der Waals surface area contributed by atoms with Crippen LogP contribution in [0.25, 0.3) is 0 Å². The third kappa shape index (κ3) is 1.25. The smallest absolute Gasteiger partial charge is 0.113 e. The lowest BCUT2D eigenvalue weighted by molar-refractivity contribution is 0.131.